The lowest BCUT2D eigenvalue weighted by atomic mass is 10.2. The number of amides is 2. The Kier molecular flexibility index (Phi) is 5.21. The minimum Gasteiger partial charge on any atom is -0.319 e. The third-order valence-electron chi connectivity index (χ3n) is 5.33. The number of anilines is 2. The molecular weight excluding hydrogens is 402 g/mol. The van der Waals surface area contributed by atoms with Crippen molar-refractivity contribution in [3.05, 3.63) is 90.8 Å². The molecule has 0 atom stereocenters. The van der Waals surface area contributed by atoms with Crippen LogP contribution in [0.25, 0.3) is 17.1 Å². The maximum Gasteiger partial charge on any atom is 0.295 e. The van der Waals surface area contributed by atoms with E-state index in [0.29, 0.717) is 24.5 Å². The SMILES string of the molecule is O=C(Nc1cccc(N2CCCC2=O)c1)c1nc(-c2ccccc2)n(-c2ccccc2)n1. The quantitative estimate of drug-likeness (QED) is 0.519. The van der Waals surface area contributed by atoms with Crippen LogP contribution in [0.15, 0.2) is 84.9 Å². The van der Waals surface area contributed by atoms with Gasteiger partial charge in [-0.05, 0) is 36.8 Å². The zero-order valence-electron chi connectivity index (χ0n) is 17.3. The van der Waals surface area contributed by atoms with Gasteiger partial charge in [0.1, 0.15) is 0 Å². The highest BCUT2D eigenvalue weighted by Gasteiger charge is 2.23. The molecule has 7 heteroatoms. The molecule has 1 N–H and O–H groups in total. The Morgan fingerprint density at radius 3 is 2.31 bits per heavy atom. The lowest BCUT2D eigenvalue weighted by Crippen LogP contribution is -2.23. The van der Waals surface area contributed by atoms with Gasteiger partial charge in [-0.1, -0.05) is 54.6 Å². The van der Waals surface area contributed by atoms with Crippen molar-refractivity contribution in [1.82, 2.24) is 14.8 Å². The molecule has 0 spiro atoms. The van der Waals surface area contributed by atoms with E-state index in [-0.39, 0.29) is 11.7 Å². The lowest BCUT2D eigenvalue weighted by molar-refractivity contribution is -0.117. The molecule has 1 fully saturated rings. The predicted octanol–water partition coefficient (Wildman–Crippen LogP) is 4.31. The lowest BCUT2D eigenvalue weighted by Gasteiger charge is -2.16. The number of para-hydroxylation sites is 1. The zero-order valence-corrected chi connectivity index (χ0v) is 17.3. The van der Waals surface area contributed by atoms with Crippen LogP contribution in [0.2, 0.25) is 0 Å². The molecule has 0 aliphatic carbocycles. The highest BCUT2D eigenvalue weighted by atomic mass is 16.2. The van der Waals surface area contributed by atoms with Crippen LogP contribution >= 0.6 is 0 Å². The number of nitrogens with one attached hydrogen (secondary N) is 1. The first-order valence-corrected chi connectivity index (χ1v) is 10.5. The average Bonchev–Trinajstić information content (AvgIpc) is 3.47. The van der Waals surface area contributed by atoms with Gasteiger partial charge in [0.2, 0.25) is 11.7 Å². The van der Waals surface area contributed by atoms with Gasteiger partial charge in [0, 0.05) is 29.9 Å². The Balaban J connectivity index is 1.46. The van der Waals surface area contributed by atoms with Crippen LogP contribution < -0.4 is 10.2 Å². The first-order valence-electron chi connectivity index (χ1n) is 10.5. The summed E-state index contributed by atoms with van der Waals surface area (Å²) in [6, 6.07) is 26.5. The second kappa shape index (κ2) is 8.47. The van der Waals surface area contributed by atoms with Crippen LogP contribution in [0.1, 0.15) is 23.5 Å². The van der Waals surface area contributed by atoms with Gasteiger partial charge < -0.3 is 10.2 Å². The molecule has 0 bridgehead atoms. The van der Waals surface area contributed by atoms with Crippen molar-refractivity contribution >= 4 is 23.2 Å². The topological polar surface area (TPSA) is 80.1 Å². The first-order chi connectivity index (χ1) is 15.7. The van der Waals surface area contributed by atoms with E-state index in [4.69, 9.17) is 0 Å². The molecule has 1 aliphatic rings. The van der Waals surface area contributed by atoms with Crippen LogP contribution in [0.5, 0.6) is 0 Å². The molecule has 158 valence electrons. The fourth-order valence-corrected chi connectivity index (χ4v) is 3.79. The monoisotopic (exact) mass is 423 g/mol. The summed E-state index contributed by atoms with van der Waals surface area (Å²) in [4.78, 5) is 31.3. The molecule has 0 radical (unpaired) electrons. The highest BCUT2D eigenvalue weighted by Crippen LogP contribution is 2.25. The van der Waals surface area contributed by atoms with Gasteiger partial charge in [-0.3, -0.25) is 9.59 Å². The molecule has 1 aliphatic heterocycles. The van der Waals surface area contributed by atoms with Crippen molar-refractivity contribution in [2.45, 2.75) is 12.8 Å². The second-order valence-corrected chi connectivity index (χ2v) is 7.53. The van der Waals surface area contributed by atoms with Crippen LogP contribution in [0.4, 0.5) is 11.4 Å². The molecule has 2 heterocycles. The van der Waals surface area contributed by atoms with E-state index in [9.17, 15) is 9.59 Å². The first kappa shape index (κ1) is 19.7. The Hall–Kier alpha value is -4.26. The summed E-state index contributed by atoms with van der Waals surface area (Å²) in [5, 5.41) is 7.36. The highest BCUT2D eigenvalue weighted by molar-refractivity contribution is 6.02. The van der Waals surface area contributed by atoms with Gasteiger partial charge in [-0.15, -0.1) is 5.10 Å². The standard InChI is InChI=1S/C25H21N5O2/c31-22-15-8-16-29(22)21-14-7-11-19(17-21)26-25(32)23-27-24(18-9-3-1-4-10-18)30(28-23)20-12-5-2-6-13-20/h1-7,9-14,17H,8,15-16H2,(H,26,32). The molecular formula is C25H21N5O2. The van der Waals surface area contributed by atoms with Gasteiger partial charge in [-0.2, -0.15) is 0 Å². The van der Waals surface area contributed by atoms with Gasteiger partial charge in [-0.25, -0.2) is 9.67 Å². The average molecular weight is 423 g/mol. The van der Waals surface area contributed by atoms with E-state index in [1.54, 1.807) is 21.7 Å². The molecule has 0 unspecified atom stereocenters. The summed E-state index contributed by atoms with van der Waals surface area (Å²) in [5.41, 5.74) is 3.03. The predicted molar refractivity (Wildman–Crippen MR) is 123 cm³/mol. The number of aromatic nitrogens is 3. The molecule has 3 aromatic carbocycles. The third kappa shape index (κ3) is 3.88. The maximum atomic E-state index is 13.0. The normalized spacial score (nSPS) is 13.4. The van der Waals surface area contributed by atoms with E-state index in [1.165, 1.54) is 0 Å². The minimum absolute atomic E-state index is 0.0651. The largest absolute Gasteiger partial charge is 0.319 e. The van der Waals surface area contributed by atoms with Crippen molar-refractivity contribution < 1.29 is 9.59 Å². The van der Waals surface area contributed by atoms with Crippen LogP contribution in [-0.2, 0) is 4.79 Å². The summed E-state index contributed by atoms with van der Waals surface area (Å²) in [6.07, 6.45) is 1.40. The Morgan fingerprint density at radius 2 is 1.59 bits per heavy atom. The zero-order chi connectivity index (χ0) is 21.9. The maximum absolute atomic E-state index is 13.0. The molecule has 7 nitrogen and oxygen atoms in total. The molecule has 5 rings (SSSR count). The summed E-state index contributed by atoms with van der Waals surface area (Å²) >= 11 is 0. The van der Waals surface area contributed by atoms with Crippen molar-refractivity contribution in [2.75, 3.05) is 16.8 Å². The van der Waals surface area contributed by atoms with Gasteiger partial charge in [0.15, 0.2) is 5.82 Å². The summed E-state index contributed by atoms with van der Waals surface area (Å²) in [7, 11) is 0. The number of hydrogen-bond donors (Lipinski definition) is 1. The summed E-state index contributed by atoms with van der Waals surface area (Å²) in [5.74, 6) is 0.333. The van der Waals surface area contributed by atoms with Crippen LogP contribution in [0, 0.1) is 0 Å². The van der Waals surface area contributed by atoms with Gasteiger partial charge >= 0.3 is 0 Å². The van der Waals surface area contributed by atoms with E-state index < -0.39 is 5.91 Å². The fraction of sp³-hybridized carbons (Fsp3) is 0.120. The van der Waals surface area contributed by atoms with Gasteiger partial charge in [0.05, 0.1) is 5.69 Å². The number of benzene rings is 3. The van der Waals surface area contributed by atoms with E-state index in [1.807, 2.05) is 72.8 Å². The number of nitrogens with zero attached hydrogens (tertiary/aromatic N) is 4. The molecule has 32 heavy (non-hydrogen) atoms. The Labute approximate surface area is 185 Å². The Bertz CT molecular complexity index is 1210. The minimum atomic E-state index is -0.415. The third-order valence-corrected chi connectivity index (χ3v) is 5.33. The van der Waals surface area contributed by atoms with E-state index in [0.717, 1.165) is 23.4 Å². The number of carbonyl (C=O) groups is 2. The molecule has 1 aromatic heterocycles. The molecule has 0 saturated carbocycles. The van der Waals surface area contributed by atoms with Crippen molar-refractivity contribution in [1.29, 1.82) is 0 Å². The van der Waals surface area contributed by atoms with E-state index >= 15 is 0 Å². The van der Waals surface area contributed by atoms with Crippen LogP contribution in [0.3, 0.4) is 0 Å². The Morgan fingerprint density at radius 1 is 0.875 bits per heavy atom. The van der Waals surface area contributed by atoms with Crippen LogP contribution in [-0.4, -0.2) is 33.1 Å². The van der Waals surface area contributed by atoms with Crippen molar-refractivity contribution in [3.63, 3.8) is 0 Å². The van der Waals surface area contributed by atoms with Gasteiger partial charge in [0.25, 0.3) is 5.91 Å². The summed E-state index contributed by atoms with van der Waals surface area (Å²) in [6.45, 7) is 0.694. The van der Waals surface area contributed by atoms with Crippen molar-refractivity contribution in [3.8, 4) is 17.1 Å². The van der Waals surface area contributed by atoms with E-state index in [2.05, 4.69) is 15.4 Å². The number of rotatable bonds is 5. The second-order valence-electron chi connectivity index (χ2n) is 7.53. The number of carbonyl (C=O) groups excluding carboxylic acids is 2. The molecule has 2 amide bonds. The summed E-state index contributed by atoms with van der Waals surface area (Å²) < 4.78 is 1.67. The fourth-order valence-electron chi connectivity index (χ4n) is 3.79. The smallest absolute Gasteiger partial charge is 0.295 e. The molecule has 4 aromatic rings. The molecule has 1 saturated heterocycles. The van der Waals surface area contributed by atoms with Crippen molar-refractivity contribution in [2.24, 2.45) is 0 Å². The number of hydrogen-bond acceptors (Lipinski definition) is 4.